The van der Waals surface area contributed by atoms with Crippen LogP contribution in [0.25, 0.3) is 0 Å². The third-order valence-corrected chi connectivity index (χ3v) is 4.26. The summed E-state index contributed by atoms with van der Waals surface area (Å²) in [7, 11) is 5.41. The van der Waals surface area contributed by atoms with Gasteiger partial charge < -0.3 is 18.9 Å². The van der Waals surface area contributed by atoms with Gasteiger partial charge in [0.1, 0.15) is 23.3 Å². The van der Waals surface area contributed by atoms with Crippen molar-refractivity contribution >= 4 is 17.7 Å². The SMILES string of the molecule is COC(=O)C1Cc2c(OC)ccc(OC)c2CC(C(=O)OC)C1=O. The second-order valence-corrected chi connectivity index (χ2v) is 5.39. The number of hydrogen-bond acceptors (Lipinski definition) is 7. The highest BCUT2D eigenvalue weighted by molar-refractivity contribution is 6.09. The first-order chi connectivity index (χ1) is 11.5. The van der Waals surface area contributed by atoms with Crippen molar-refractivity contribution in [1.82, 2.24) is 0 Å². The Balaban J connectivity index is 2.64. The molecule has 1 aromatic rings. The molecule has 0 aromatic heterocycles. The van der Waals surface area contributed by atoms with Crippen LogP contribution >= 0.6 is 0 Å². The number of ketones is 1. The van der Waals surface area contributed by atoms with E-state index in [0.717, 1.165) is 0 Å². The van der Waals surface area contributed by atoms with E-state index in [2.05, 4.69) is 0 Å². The fourth-order valence-corrected chi connectivity index (χ4v) is 3.02. The Labute approximate surface area is 139 Å². The number of carbonyl (C=O) groups excluding carboxylic acids is 3. The first-order valence-electron chi connectivity index (χ1n) is 7.40. The van der Waals surface area contributed by atoms with Crippen LogP contribution in [0.5, 0.6) is 11.5 Å². The van der Waals surface area contributed by atoms with Gasteiger partial charge in [-0.1, -0.05) is 0 Å². The number of benzene rings is 1. The Kier molecular flexibility index (Phi) is 5.43. The number of ether oxygens (including phenoxy) is 4. The van der Waals surface area contributed by atoms with Gasteiger partial charge in [0.2, 0.25) is 0 Å². The summed E-state index contributed by atoms with van der Waals surface area (Å²) in [5, 5.41) is 0. The molecular formula is C17H20O7. The maximum Gasteiger partial charge on any atom is 0.316 e. The maximum absolute atomic E-state index is 12.7. The summed E-state index contributed by atoms with van der Waals surface area (Å²) in [6, 6.07) is 3.41. The fourth-order valence-electron chi connectivity index (χ4n) is 3.02. The number of methoxy groups -OCH3 is 4. The van der Waals surface area contributed by atoms with Crippen LogP contribution < -0.4 is 9.47 Å². The molecule has 0 aliphatic heterocycles. The van der Waals surface area contributed by atoms with Crippen molar-refractivity contribution in [1.29, 1.82) is 0 Å². The van der Waals surface area contributed by atoms with Crippen LogP contribution in [0, 0.1) is 11.8 Å². The molecule has 1 aromatic carbocycles. The first kappa shape index (κ1) is 17.8. The molecule has 0 bridgehead atoms. The molecule has 0 fully saturated rings. The lowest BCUT2D eigenvalue weighted by molar-refractivity contribution is -0.155. The van der Waals surface area contributed by atoms with Crippen LogP contribution in [0.15, 0.2) is 12.1 Å². The fraction of sp³-hybridized carbons (Fsp3) is 0.471. The monoisotopic (exact) mass is 336 g/mol. The quantitative estimate of drug-likeness (QED) is 0.459. The minimum atomic E-state index is -1.10. The molecule has 24 heavy (non-hydrogen) atoms. The van der Waals surface area contributed by atoms with E-state index in [1.54, 1.807) is 12.1 Å². The van der Waals surface area contributed by atoms with Crippen LogP contribution in [0.4, 0.5) is 0 Å². The summed E-state index contributed by atoms with van der Waals surface area (Å²) in [5.74, 6) is -3.04. The number of hydrogen-bond donors (Lipinski definition) is 0. The van der Waals surface area contributed by atoms with E-state index in [1.165, 1.54) is 28.4 Å². The Morgan fingerprint density at radius 3 is 1.50 bits per heavy atom. The highest BCUT2D eigenvalue weighted by Gasteiger charge is 2.42. The van der Waals surface area contributed by atoms with Crippen molar-refractivity contribution in [2.24, 2.45) is 11.8 Å². The van der Waals surface area contributed by atoms with Crippen LogP contribution in [0.2, 0.25) is 0 Å². The molecule has 7 heteroatoms. The second-order valence-electron chi connectivity index (χ2n) is 5.39. The normalized spacial score (nSPS) is 19.8. The summed E-state index contributed by atoms with van der Waals surface area (Å²) in [4.78, 5) is 36.9. The van der Waals surface area contributed by atoms with Crippen molar-refractivity contribution in [3.05, 3.63) is 23.3 Å². The number of rotatable bonds is 4. The highest BCUT2D eigenvalue weighted by atomic mass is 16.5. The summed E-state index contributed by atoms with van der Waals surface area (Å²) in [6.07, 6.45) is 0.156. The third-order valence-electron chi connectivity index (χ3n) is 4.26. The molecule has 0 heterocycles. The van der Waals surface area contributed by atoms with Crippen molar-refractivity contribution in [2.75, 3.05) is 28.4 Å². The predicted molar refractivity (Wildman–Crippen MR) is 83.0 cm³/mol. The van der Waals surface area contributed by atoms with Gasteiger partial charge in [-0.15, -0.1) is 0 Å². The first-order valence-corrected chi connectivity index (χ1v) is 7.40. The number of esters is 2. The van der Waals surface area contributed by atoms with Crippen molar-refractivity contribution in [3.8, 4) is 11.5 Å². The molecular weight excluding hydrogens is 316 g/mol. The van der Waals surface area contributed by atoms with Crippen molar-refractivity contribution in [3.63, 3.8) is 0 Å². The second kappa shape index (κ2) is 7.33. The van der Waals surface area contributed by atoms with Gasteiger partial charge in [-0.25, -0.2) is 0 Å². The van der Waals surface area contributed by atoms with E-state index in [9.17, 15) is 14.4 Å². The highest BCUT2D eigenvalue weighted by Crippen LogP contribution is 2.38. The summed E-state index contributed by atoms with van der Waals surface area (Å²) < 4.78 is 20.2. The van der Waals surface area contributed by atoms with Crippen LogP contribution in [0.3, 0.4) is 0 Å². The van der Waals surface area contributed by atoms with Crippen molar-refractivity contribution in [2.45, 2.75) is 12.8 Å². The Morgan fingerprint density at radius 1 is 0.833 bits per heavy atom. The molecule has 1 aliphatic carbocycles. The molecule has 1 aliphatic rings. The average Bonchev–Trinajstić information content (AvgIpc) is 2.76. The third kappa shape index (κ3) is 3.06. The summed E-state index contributed by atoms with van der Waals surface area (Å²) in [5.41, 5.74) is 1.32. The van der Waals surface area contributed by atoms with E-state index in [4.69, 9.17) is 18.9 Å². The zero-order valence-electron chi connectivity index (χ0n) is 14.1. The smallest absolute Gasteiger partial charge is 0.316 e. The Hall–Kier alpha value is -2.57. The molecule has 0 radical (unpaired) electrons. The van der Waals surface area contributed by atoms with Crippen LogP contribution in [-0.4, -0.2) is 46.2 Å². The van der Waals surface area contributed by atoms with Gasteiger partial charge in [-0.3, -0.25) is 14.4 Å². The lowest BCUT2D eigenvalue weighted by Gasteiger charge is -2.16. The largest absolute Gasteiger partial charge is 0.496 e. The predicted octanol–water partition coefficient (Wildman–Crippen LogP) is 0.950. The van der Waals surface area contributed by atoms with E-state index in [1.807, 2.05) is 0 Å². The van der Waals surface area contributed by atoms with E-state index < -0.39 is 29.6 Å². The van der Waals surface area contributed by atoms with E-state index in [-0.39, 0.29) is 12.8 Å². The Morgan fingerprint density at radius 2 is 1.21 bits per heavy atom. The lowest BCUT2D eigenvalue weighted by atomic mass is 9.90. The molecule has 2 atom stereocenters. The standard InChI is InChI=1S/C17H20O7/c1-21-13-5-6-14(22-2)10-8-12(17(20)24-4)15(18)11(7-9(10)13)16(19)23-3/h5-6,11-12H,7-8H2,1-4H3. The molecule has 0 saturated carbocycles. The molecule has 0 spiro atoms. The topological polar surface area (TPSA) is 88.1 Å². The van der Waals surface area contributed by atoms with Gasteiger partial charge in [0.05, 0.1) is 28.4 Å². The number of fused-ring (bicyclic) bond motifs is 1. The molecule has 130 valence electrons. The zero-order chi connectivity index (χ0) is 17.9. The van der Waals surface area contributed by atoms with Gasteiger partial charge >= 0.3 is 11.9 Å². The van der Waals surface area contributed by atoms with Gasteiger partial charge in [-0.2, -0.15) is 0 Å². The average molecular weight is 336 g/mol. The summed E-state index contributed by atoms with van der Waals surface area (Å²) in [6.45, 7) is 0. The molecule has 2 rings (SSSR count). The van der Waals surface area contributed by atoms with Gasteiger partial charge in [-0.05, 0) is 25.0 Å². The van der Waals surface area contributed by atoms with Crippen LogP contribution in [-0.2, 0) is 36.7 Å². The Bertz CT molecular complexity index is 610. The van der Waals surface area contributed by atoms with Gasteiger partial charge in [0.15, 0.2) is 5.78 Å². The van der Waals surface area contributed by atoms with Crippen molar-refractivity contribution < 1.29 is 33.3 Å². The minimum absolute atomic E-state index is 0.0781. The molecule has 0 saturated heterocycles. The minimum Gasteiger partial charge on any atom is -0.496 e. The van der Waals surface area contributed by atoms with Gasteiger partial charge in [0, 0.05) is 11.1 Å². The number of Topliss-reactive ketones (excluding diaryl/α,β-unsaturated/α-hetero) is 1. The number of carbonyl (C=O) groups is 3. The molecule has 7 nitrogen and oxygen atoms in total. The van der Waals surface area contributed by atoms with Crippen LogP contribution in [0.1, 0.15) is 11.1 Å². The molecule has 2 unspecified atom stereocenters. The maximum atomic E-state index is 12.7. The summed E-state index contributed by atoms with van der Waals surface area (Å²) >= 11 is 0. The van der Waals surface area contributed by atoms with E-state index in [0.29, 0.717) is 22.6 Å². The zero-order valence-corrected chi connectivity index (χ0v) is 14.1. The lowest BCUT2D eigenvalue weighted by Crippen LogP contribution is -2.35. The molecule has 0 N–H and O–H groups in total. The van der Waals surface area contributed by atoms with E-state index >= 15 is 0 Å². The molecule has 0 amide bonds. The van der Waals surface area contributed by atoms with Gasteiger partial charge in [0.25, 0.3) is 0 Å².